The van der Waals surface area contributed by atoms with Crippen LogP contribution in [0.2, 0.25) is 0 Å². The van der Waals surface area contributed by atoms with E-state index in [4.69, 9.17) is 0 Å². The van der Waals surface area contributed by atoms with E-state index in [0.29, 0.717) is 18.4 Å². The first-order valence-electron chi connectivity index (χ1n) is 9.66. The molecule has 2 heterocycles. The summed E-state index contributed by atoms with van der Waals surface area (Å²) in [4.78, 5) is 15.2. The molecule has 4 nitrogen and oxygen atoms in total. The Balaban J connectivity index is 1.34. The van der Waals surface area contributed by atoms with Crippen molar-refractivity contribution in [1.82, 2.24) is 14.7 Å². The van der Waals surface area contributed by atoms with Gasteiger partial charge in [-0.3, -0.25) is 9.48 Å². The number of nitrogens with zero attached hydrogens (tertiary/aromatic N) is 3. The van der Waals surface area contributed by atoms with Crippen molar-refractivity contribution in [3.63, 3.8) is 0 Å². The number of hydrogen-bond donors (Lipinski definition) is 0. The molecule has 0 spiro atoms. The predicted molar refractivity (Wildman–Crippen MR) is 97.9 cm³/mol. The number of aromatic nitrogens is 2. The summed E-state index contributed by atoms with van der Waals surface area (Å²) < 4.78 is 15.7. The SMILES string of the molecule is O=C(N1CCC[C@@H](CCc2ccccc2F)C1)C1(Cn2cccn2)CC1. The predicted octanol–water partition coefficient (Wildman–Crippen LogP) is 3.67. The van der Waals surface area contributed by atoms with Gasteiger partial charge in [0.25, 0.3) is 0 Å². The number of carbonyl (C=O) groups is 1. The summed E-state index contributed by atoms with van der Waals surface area (Å²) in [6.07, 6.45) is 9.48. The number of hydrogen-bond acceptors (Lipinski definition) is 2. The lowest BCUT2D eigenvalue weighted by atomic mass is 9.90. The molecule has 5 heteroatoms. The quantitative estimate of drug-likeness (QED) is 0.793. The molecule has 4 rings (SSSR count). The minimum atomic E-state index is -0.237. The second-order valence-corrected chi connectivity index (χ2v) is 7.87. The van der Waals surface area contributed by atoms with Crippen molar-refractivity contribution in [2.75, 3.05) is 13.1 Å². The van der Waals surface area contributed by atoms with Gasteiger partial charge in [0, 0.05) is 25.5 Å². The van der Waals surface area contributed by atoms with Crippen LogP contribution < -0.4 is 0 Å². The minimum Gasteiger partial charge on any atom is -0.342 e. The first-order valence-corrected chi connectivity index (χ1v) is 9.66. The topological polar surface area (TPSA) is 38.1 Å². The highest BCUT2D eigenvalue weighted by Gasteiger charge is 2.52. The molecule has 138 valence electrons. The molecule has 0 bridgehead atoms. The molecule has 1 aliphatic heterocycles. The smallest absolute Gasteiger partial charge is 0.230 e. The Bertz CT molecular complexity index is 754. The van der Waals surface area contributed by atoms with Gasteiger partial charge in [-0.05, 0) is 62.1 Å². The molecule has 1 aromatic carbocycles. The number of likely N-dealkylation sites (tertiary alicyclic amines) is 1. The summed E-state index contributed by atoms with van der Waals surface area (Å²) in [5, 5.41) is 4.27. The van der Waals surface area contributed by atoms with Crippen LogP contribution in [0.25, 0.3) is 0 Å². The molecule has 0 radical (unpaired) electrons. The van der Waals surface area contributed by atoms with E-state index in [9.17, 15) is 9.18 Å². The van der Waals surface area contributed by atoms with Crippen LogP contribution >= 0.6 is 0 Å². The van der Waals surface area contributed by atoms with Gasteiger partial charge in [0.15, 0.2) is 0 Å². The molecule has 1 saturated carbocycles. The highest BCUT2D eigenvalue weighted by Crippen LogP contribution is 2.49. The molecular formula is C21H26FN3O. The molecule has 26 heavy (non-hydrogen) atoms. The lowest BCUT2D eigenvalue weighted by molar-refractivity contribution is -0.139. The third-order valence-electron chi connectivity index (χ3n) is 5.92. The number of benzene rings is 1. The summed E-state index contributed by atoms with van der Waals surface area (Å²) in [7, 11) is 0. The van der Waals surface area contributed by atoms with Gasteiger partial charge in [0.2, 0.25) is 5.91 Å². The van der Waals surface area contributed by atoms with Gasteiger partial charge >= 0.3 is 0 Å². The summed E-state index contributed by atoms with van der Waals surface area (Å²) in [5.74, 6) is 0.642. The van der Waals surface area contributed by atoms with Gasteiger partial charge in [0.05, 0.1) is 12.0 Å². The summed E-state index contributed by atoms with van der Waals surface area (Å²) in [5.41, 5.74) is 0.549. The summed E-state index contributed by atoms with van der Waals surface area (Å²) in [6.45, 7) is 2.36. The average Bonchev–Trinajstić information content (AvgIpc) is 3.26. The first kappa shape index (κ1) is 17.3. The van der Waals surface area contributed by atoms with Crippen LogP contribution in [0.3, 0.4) is 0 Å². The van der Waals surface area contributed by atoms with E-state index in [-0.39, 0.29) is 11.2 Å². The van der Waals surface area contributed by atoms with Crippen molar-refractivity contribution in [3.8, 4) is 0 Å². The molecule has 0 unspecified atom stereocenters. The molecule has 2 aromatic rings. The van der Waals surface area contributed by atoms with Gasteiger partial charge in [-0.2, -0.15) is 5.10 Å². The molecule has 1 aliphatic carbocycles. The van der Waals surface area contributed by atoms with Crippen LogP contribution in [0.1, 0.15) is 37.7 Å². The van der Waals surface area contributed by atoms with Crippen molar-refractivity contribution >= 4 is 5.91 Å². The van der Waals surface area contributed by atoms with Crippen molar-refractivity contribution in [2.45, 2.75) is 45.1 Å². The van der Waals surface area contributed by atoms with Crippen molar-refractivity contribution < 1.29 is 9.18 Å². The Hall–Kier alpha value is -2.17. The Morgan fingerprint density at radius 1 is 1.27 bits per heavy atom. The van der Waals surface area contributed by atoms with E-state index in [1.165, 1.54) is 6.07 Å². The molecule has 2 fully saturated rings. The van der Waals surface area contributed by atoms with Gasteiger partial charge in [0.1, 0.15) is 5.82 Å². The normalized spacial score (nSPS) is 21.6. The molecule has 1 saturated heterocycles. The second-order valence-electron chi connectivity index (χ2n) is 7.87. The summed E-state index contributed by atoms with van der Waals surface area (Å²) in [6, 6.07) is 8.92. The molecule has 1 aromatic heterocycles. The van der Waals surface area contributed by atoms with Gasteiger partial charge < -0.3 is 4.90 Å². The van der Waals surface area contributed by atoms with Crippen LogP contribution in [0.4, 0.5) is 4.39 Å². The standard InChI is InChI=1S/C21H26FN3O/c22-19-7-2-1-6-18(19)9-8-17-5-3-13-24(15-17)20(26)21(10-11-21)16-25-14-4-12-23-25/h1-2,4,6-7,12,14,17H,3,5,8-11,13,15-16H2/t17-/m0/s1. The summed E-state index contributed by atoms with van der Waals surface area (Å²) >= 11 is 0. The maximum Gasteiger partial charge on any atom is 0.230 e. The minimum absolute atomic E-state index is 0.118. The molecular weight excluding hydrogens is 329 g/mol. The van der Waals surface area contributed by atoms with Crippen LogP contribution in [-0.2, 0) is 17.8 Å². The molecule has 1 atom stereocenters. The van der Waals surface area contributed by atoms with Crippen LogP contribution in [0.15, 0.2) is 42.7 Å². The fourth-order valence-corrected chi connectivity index (χ4v) is 4.18. The highest BCUT2D eigenvalue weighted by molar-refractivity contribution is 5.85. The molecule has 0 N–H and O–H groups in total. The second kappa shape index (κ2) is 7.22. The van der Waals surface area contributed by atoms with Gasteiger partial charge in [-0.1, -0.05) is 18.2 Å². The van der Waals surface area contributed by atoms with Crippen molar-refractivity contribution in [1.29, 1.82) is 0 Å². The fourth-order valence-electron chi connectivity index (χ4n) is 4.18. The Morgan fingerprint density at radius 3 is 2.85 bits per heavy atom. The zero-order valence-electron chi connectivity index (χ0n) is 15.1. The Morgan fingerprint density at radius 2 is 2.12 bits per heavy atom. The number of amides is 1. The molecule has 2 aliphatic rings. The lowest BCUT2D eigenvalue weighted by Gasteiger charge is -2.35. The van der Waals surface area contributed by atoms with Crippen LogP contribution in [0, 0.1) is 17.2 Å². The lowest BCUT2D eigenvalue weighted by Crippen LogP contribution is -2.45. The number of rotatable bonds is 6. The zero-order valence-corrected chi connectivity index (χ0v) is 15.1. The monoisotopic (exact) mass is 355 g/mol. The van der Waals surface area contributed by atoms with E-state index >= 15 is 0 Å². The third-order valence-corrected chi connectivity index (χ3v) is 5.92. The highest BCUT2D eigenvalue weighted by atomic mass is 19.1. The average molecular weight is 355 g/mol. The van der Waals surface area contributed by atoms with Crippen molar-refractivity contribution in [2.24, 2.45) is 11.3 Å². The first-order chi connectivity index (χ1) is 12.7. The van der Waals surface area contributed by atoms with E-state index in [0.717, 1.165) is 57.2 Å². The maximum atomic E-state index is 13.8. The largest absolute Gasteiger partial charge is 0.342 e. The molecule has 1 amide bonds. The number of halogens is 1. The van der Waals surface area contributed by atoms with Crippen LogP contribution in [-0.4, -0.2) is 33.7 Å². The van der Waals surface area contributed by atoms with Gasteiger partial charge in [-0.25, -0.2) is 4.39 Å². The Kier molecular flexibility index (Phi) is 4.79. The van der Waals surface area contributed by atoms with E-state index in [1.807, 2.05) is 29.1 Å². The zero-order chi connectivity index (χ0) is 18.0. The van der Waals surface area contributed by atoms with Crippen LogP contribution in [0.5, 0.6) is 0 Å². The number of carbonyl (C=O) groups excluding carboxylic acids is 1. The van der Waals surface area contributed by atoms with E-state index in [1.54, 1.807) is 12.3 Å². The third kappa shape index (κ3) is 3.67. The maximum absolute atomic E-state index is 13.8. The number of piperidine rings is 1. The van der Waals surface area contributed by atoms with Gasteiger partial charge in [-0.15, -0.1) is 0 Å². The Labute approximate surface area is 154 Å². The van der Waals surface area contributed by atoms with E-state index in [2.05, 4.69) is 10.00 Å². The fraction of sp³-hybridized carbons (Fsp3) is 0.524. The number of aryl methyl sites for hydroxylation is 1. The van der Waals surface area contributed by atoms with E-state index < -0.39 is 0 Å². The van der Waals surface area contributed by atoms with Crippen molar-refractivity contribution in [3.05, 3.63) is 54.1 Å².